The van der Waals surface area contributed by atoms with Gasteiger partial charge in [0.05, 0.1) is 6.04 Å². The van der Waals surface area contributed by atoms with Gasteiger partial charge in [-0.2, -0.15) is 0 Å². The molecule has 94 valence electrons. The maximum Gasteiger partial charge on any atom is 0.0503 e. The molecule has 1 atom stereocenters. The van der Waals surface area contributed by atoms with E-state index in [0.29, 0.717) is 0 Å². The van der Waals surface area contributed by atoms with E-state index in [1.807, 2.05) is 6.08 Å². The van der Waals surface area contributed by atoms with E-state index in [1.54, 1.807) is 0 Å². The minimum atomic E-state index is 0.234. The second kappa shape index (κ2) is 6.17. The topological polar surface area (TPSA) is 12.0 Å². The molecule has 0 aliphatic rings. The molecule has 1 N–H and O–H groups in total. The van der Waals surface area contributed by atoms with Crippen molar-refractivity contribution in [3.8, 4) is 0 Å². The molecule has 1 nitrogen and oxygen atoms in total. The third kappa shape index (κ3) is 3.01. The molecule has 2 aromatic carbocycles. The predicted molar refractivity (Wildman–Crippen MR) is 82.9 cm³/mol. The van der Waals surface area contributed by atoms with Crippen LogP contribution in [0.25, 0.3) is 10.8 Å². The summed E-state index contributed by atoms with van der Waals surface area (Å²) in [5, 5.41) is 6.00. The number of fused-ring (bicyclic) bond motifs is 1. The highest BCUT2D eigenvalue weighted by Gasteiger charge is 2.06. The first-order valence-electron chi connectivity index (χ1n) is 6.29. The molecule has 1 unspecified atom stereocenters. The van der Waals surface area contributed by atoms with Crippen molar-refractivity contribution >= 4 is 26.7 Å². The van der Waals surface area contributed by atoms with Crippen molar-refractivity contribution in [2.45, 2.75) is 19.4 Å². The van der Waals surface area contributed by atoms with Crippen LogP contribution < -0.4 is 5.32 Å². The van der Waals surface area contributed by atoms with Gasteiger partial charge in [-0.05, 0) is 47.5 Å². The smallest absolute Gasteiger partial charge is 0.0503 e. The van der Waals surface area contributed by atoms with Crippen molar-refractivity contribution in [1.82, 2.24) is 5.32 Å². The van der Waals surface area contributed by atoms with Crippen molar-refractivity contribution in [1.29, 1.82) is 0 Å². The number of halogens is 1. The maximum absolute atomic E-state index is 3.91. The maximum atomic E-state index is 3.91. The molecule has 0 aliphatic heterocycles. The summed E-state index contributed by atoms with van der Waals surface area (Å²) in [4.78, 5) is 0. The summed E-state index contributed by atoms with van der Waals surface area (Å²) in [6, 6.07) is 13.2. The Balaban J connectivity index is 2.33. The summed E-state index contributed by atoms with van der Waals surface area (Å²) in [5.41, 5.74) is 1.27. The lowest BCUT2D eigenvalue weighted by Gasteiger charge is -2.15. The Bertz CT molecular complexity index is 548. The van der Waals surface area contributed by atoms with Gasteiger partial charge in [0.1, 0.15) is 0 Å². The fraction of sp³-hybridized carbons (Fsp3) is 0.250. The van der Waals surface area contributed by atoms with Gasteiger partial charge in [0, 0.05) is 4.47 Å². The first kappa shape index (κ1) is 13.3. The summed E-state index contributed by atoms with van der Waals surface area (Å²) in [7, 11) is 0. The van der Waals surface area contributed by atoms with Crippen LogP contribution in [-0.2, 0) is 0 Å². The van der Waals surface area contributed by atoms with E-state index in [4.69, 9.17) is 0 Å². The summed E-state index contributed by atoms with van der Waals surface area (Å²) in [6.45, 7) is 7.10. The number of rotatable bonds is 5. The third-order valence-electron chi connectivity index (χ3n) is 3.04. The van der Waals surface area contributed by atoms with Crippen molar-refractivity contribution in [3.63, 3.8) is 0 Å². The fourth-order valence-electron chi connectivity index (χ4n) is 2.07. The molecule has 0 fully saturated rings. The van der Waals surface area contributed by atoms with E-state index in [2.05, 4.69) is 71.1 Å². The molecule has 0 bridgehead atoms. The molecule has 0 aliphatic carbocycles. The molecule has 0 spiro atoms. The normalized spacial score (nSPS) is 12.6. The van der Waals surface area contributed by atoms with Gasteiger partial charge < -0.3 is 5.32 Å². The van der Waals surface area contributed by atoms with Crippen LogP contribution in [-0.4, -0.2) is 6.54 Å². The first-order valence-corrected chi connectivity index (χ1v) is 7.09. The second-order valence-corrected chi connectivity index (χ2v) is 5.33. The quantitative estimate of drug-likeness (QED) is 0.780. The van der Waals surface area contributed by atoms with Crippen LogP contribution >= 0.6 is 15.9 Å². The van der Waals surface area contributed by atoms with E-state index in [-0.39, 0.29) is 6.04 Å². The van der Waals surface area contributed by atoms with Crippen LogP contribution in [0.2, 0.25) is 0 Å². The van der Waals surface area contributed by atoms with E-state index in [9.17, 15) is 0 Å². The van der Waals surface area contributed by atoms with Crippen molar-refractivity contribution < 1.29 is 0 Å². The predicted octanol–water partition coefficient (Wildman–Crippen LogP) is 4.83. The average molecular weight is 304 g/mol. The molecule has 2 rings (SSSR count). The average Bonchev–Trinajstić information content (AvgIpc) is 2.39. The Kier molecular flexibility index (Phi) is 4.56. The van der Waals surface area contributed by atoms with Gasteiger partial charge in [0.2, 0.25) is 0 Å². The van der Waals surface area contributed by atoms with E-state index in [1.165, 1.54) is 16.3 Å². The van der Waals surface area contributed by atoms with Gasteiger partial charge in [-0.15, -0.1) is 6.58 Å². The molecule has 18 heavy (non-hydrogen) atoms. The summed E-state index contributed by atoms with van der Waals surface area (Å²) in [5.74, 6) is 0. The van der Waals surface area contributed by atoms with Crippen LogP contribution in [0.3, 0.4) is 0 Å². The molecular weight excluding hydrogens is 286 g/mol. The minimum absolute atomic E-state index is 0.234. The molecule has 2 aromatic rings. The number of hydrogen-bond donors (Lipinski definition) is 1. The Labute approximate surface area is 117 Å². The van der Waals surface area contributed by atoms with Gasteiger partial charge in [-0.1, -0.05) is 47.1 Å². The second-order valence-electron chi connectivity index (χ2n) is 4.42. The standard InChI is InChI=1S/C16H18BrN/c1-3-9-18-16(4-2)14-6-5-13-11-15(17)8-7-12(13)10-14/h4-8,10-11,16,18H,2-3,9H2,1H3. The van der Waals surface area contributed by atoms with Gasteiger partial charge in [0.15, 0.2) is 0 Å². The monoisotopic (exact) mass is 303 g/mol. The zero-order valence-corrected chi connectivity index (χ0v) is 12.2. The lowest BCUT2D eigenvalue weighted by atomic mass is 10.0. The molecule has 0 saturated heterocycles. The minimum Gasteiger partial charge on any atom is -0.307 e. The molecule has 0 saturated carbocycles. The highest BCUT2D eigenvalue weighted by Crippen LogP contribution is 2.24. The van der Waals surface area contributed by atoms with Crippen molar-refractivity contribution in [2.75, 3.05) is 6.54 Å². The molecule has 0 radical (unpaired) electrons. The Morgan fingerprint density at radius 3 is 2.67 bits per heavy atom. The van der Waals surface area contributed by atoms with Crippen LogP contribution in [0.1, 0.15) is 24.9 Å². The van der Waals surface area contributed by atoms with Crippen LogP contribution in [0.4, 0.5) is 0 Å². The van der Waals surface area contributed by atoms with Crippen LogP contribution in [0.5, 0.6) is 0 Å². The zero-order valence-electron chi connectivity index (χ0n) is 10.6. The molecular formula is C16H18BrN. The Hall–Kier alpha value is -1.12. The van der Waals surface area contributed by atoms with E-state index < -0.39 is 0 Å². The Morgan fingerprint density at radius 1 is 1.22 bits per heavy atom. The lowest BCUT2D eigenvalue weighted by Crippen LogP contribution is -2.20. The number of nitrogens with one attached hydrogen (secondary N) is 1. The fourth-order valence-corrected chi connectivity index (χ4v) is 2.44. The molecule has 2 heteroatoms. The molecule has 0 aromatic heterocycles. The largest absolute Gasteiger partial charge is 0.307 e. The summed E-state index contributed by atoms with van der Waals surface area (Å²) < 4.78 is 1.12. The highest BCUT2D eigenvalue weighted by molar-refractivity contribution is 9.10. The molecule has 0 heterocycles. The molecule has 0 amide bonds. The van der Waals surface area contributed by atoms with Crippen LogP contribution in [0.15, 0.2) is 53.5 Å². The van der Waals surface area contributed by atoms with Crippen molar-refractivity contribution in [2.24, 2.45) is 0 Å². The van der Waals surface area contributed by atoms with Gasteiger partial charge in [-0.25, -0.2) is 0 Å². The summed E-state index contributed by atoms with van der Waals surface area (Å²) >= 11 is 3.50. The summed E-state index contributed by atoms with van der Waals surface area (Å²) in [6.07, 6.45) is 3.10. The number of hydrogen-bond acceptors (Lipinski definition) is 1. The van der Waals surface area contributed by atoms with Gasteiger partial charge >= 0.3 is 0 Å². The third-order valence-corrected chi connectivity index (χ3v) is 3.53. The number of benzene rings is 2. The zero-order chi connectivity index (χ0) is 13.0. The van der Waals surface area contributed by atoms with E-state index >= 15 is 0 Å². The van der Waals surface area contributed by atoms with Gasteiger partial charge in [-0.3, -0.25) is 0 Å². The highest BCUT2D eigenvalue weighted by atomic mass is 79.9. The van der Waals surface area contributed by atoms with Crippen molar-refractivity contribution in [3.05, 3.63) is 59.1 Å². The SMILES string of the molecule is C=CC(NCCC)c1ccc2cc(Br)ccc2c1. The Morgan fingerprint density at radius 2 is 1.94 bits per heavy atom. The van der Waals surface area contributed by atoms with Gasteiger partial charge in [0.25, 0.3) is 0 Å². The van der Waals surface area contributed by atoms with E-state index in [0.717, 1.165) is 17.4 Å². The van der Waals surface area contributed by atoms with Crippen LogP contribution in [0, 0.1) is 0 Å². The first-order chi connectivity index (χ1) is 8.74. The lowest BCUT2D eigenvalue weighted by molar-refractivity contribution is 0.614.